The fourth-order valence-corrected chi connectivity index (χ4v) is 2.13. The van der Waals surface area contributed by atoms with Crippen LogP contribution in [0.3, 0.4) is 0 Å². The molecule has 5 heteroatoms. The van der Waals surface area contributed by atoms with Gasteiger partial charge in [-0.2, -0.15) is 0 Å². The molecule has 0 bridgehead atoms. The number of halogens is 1. The van der Waals surface area contributed by atoms with Crippen LogP contribution in [0.15, 0.2) is 48.5 Å². The molecule has 0 saturated carbocycles. The smallest absolute Gasteiger partial charge is 0.320 e. The highest BCUT2D eigenvalue weighted by Crippen LogP contribution is 2.23. The molecule has 0 radical (unpaired) electrons. The molecule has 0 spiro atoms. The minimum Gasteiger partial charge on any atom is -0.480 e. The van der Waals surface area contributed by atoms with Crippen molar-refractivity contribution in [1.29, 1.82) is 0 Å². The maximum absolute atomic E-state index is 10.7. The van der Waals surface area contributed by atoms with Crippen LogP contribution in [-0.4, -0.2) is 31.2 Å². The van der Waals surface area contributed by atoms with Gasteiger partial charge in [-0.3, -0.25) is 4.79 Å². The van der Waals surface area contributed by atoms with E-state index in [9.17, 15) is 4.79 Å². The average Bonchev–Trinajstić information content (AvgIpc) is 2.48. The Balaban J connectivity index is 0.00000242. The van der Waals surface area contributed by atoms with E-state index in [0.717, 1.165) is 22.4 Å². The van der Waals surface area contributed by atoms with Crippen molar-refractivity contribution in [2.24, 2.45) is 5.73 Å². The molecule has 22 heavy (non-hydrogen) atoms. The SMILES string of the molecule is CN(C)c1ccc(-c2ccc(C[C@H](N)C(=O)O)cc2)cc1.Cl. The summed E-state index contributed by atoms with van der Waals surface area (Å²) >= 11 is 0. The molecule has 4 nitrogen and oxygen atoms in total. The standard InChI is InChI=1S/C17H20N2O2.ClH/c1-19(2)15-9-7-14(8-10-15)13-5-3-12(4-6-13)11-16(18)17(20)21;/h3-10,16H,11,18H2,1-2H3,(H,20,21);1H/t16-;/m0./s1. The molecule has 2 aromatic carbocycles. The van der Waals surface area contributed by atoms with Crippen LogP contribution in [0.5, 0.6) is 0 Å². The summed E-state index contributed by atoms with van der Waals surface area (Å²) in [4.78, 5) is 12.8. The van der Waals surface area contributed by atoms with Crippen LogP contribution < -0.4 is 10.6 Å². The third-order valence-corrected chi connectivity index (χ3v) is 3.44. The van der Waals surface area contributed by atoms with E-state index in [1.54, 1.807) is 0 Å². The van der Waals surface area contributed by atoms with Crippen molar-refractivity contribution in [3.63, 3.8) is 0 Å². The van der Waals surface area contributed by atoms with Crippen LogP contribution in [0.1, 0.15) is 5.56 Å². The number of carboxylic acids is 1. The molecule has 3 N–H and O–H groups in total. The third kappa shape index (κ3) is 4.48. The molecule has 0 aliphatic heterocycles. The van der Waals surface area contributed by atoms with Crippen molar-refractivity contribution < 1.29 is 9.90 Å². The maximum Gasteiger partial charge on any atom is 0.320 e. The summed E-state index contributed by atoms with van der Waals surface area (Å²) in [7, 11) is 4.02. The second-order valence-corrected chi connectivity index (χ2v) is 5.29. The topological polar surface area (TPSA) is 66.6 Å². The predicted molar refractivity (Wildman–Crippen MR) is 92.8 cm³/mol. The first-order chi connectivity index (χ1) is 9.97. The molecule has 2 aromatic rings. The molecule has 0 aliphatic carbocycles. The Morgan fingerprint density at radius 2 is 1.50 bits per heavy atom. The normalized spacial score (nSPS) is 11.4. The summed E-state index contributed by atoms with van der Waals surface area (Å²) in [5.41, 5.74) is 9.86. The molecule has 1 atom stereocenters. The van der Waals surface area contributed by atoms with Crippen molar-refractivity contribution in [2.45, 2.75) is 12.5 Å². The molecule has 118 valence electrons. The minimum atomic E-state index is -0.974. The lowest BCUT2D eigenvalue weighted by Gasteiger charge is -2.13. The summed E-state index contributed by atoms with van der Waals surface area (Å²) in [6.45, 7) is 0. The first-order valence-electron chi connectivity index (χ1n) is 6.82. The highest BCUT2D eigenvalue weighted by atomic mass is 35.5. The van der Waals surface area contributed by atoms with E-state index in [0.29, 0.717) is 6.42 Å². The van der Waals surface area contributed by atoms with Gasteiger partial charge in [0.15, 0.2) is 0 Å². The van der Waals surface area contributed by atoms with E-state index in [1.807, 2.05) is 38.4 Å². The highest BCUT2D eigenvalue weighted by Gasteiger charge is 2.11. The lowest BCUT2D eigenvalue weighted by atomic mass is 10.0. The highest BCUT2D eigenvalue weighted by molar-refractivity contribution is 5.85. The fourth-order valence-electron chi connectivity index (χ4n) is 2.13. The number of aliphatic carboxylic acids is 1. The monoisotopic (exact) mass is 320 g/mol. The van der Waals surface area contributed by atoms with E-state index in [4.69, 9.17) is 10.8 Å². The van der Waals surface area contributed by atoms with Gasteiger partial charge in [-0.15, -0.1) is 12.4 Å². The second kappa shape index (κ2) is 7.82. The van der Waals surface area contributed by atoms with Gasteiger partial charge in [0.25, 0.3) is 0 Å². The molecular formula is C17H21ClN2O2. The van der Waals surface area contributed by atoms with Gasteiger partial charge in [0, 0.05) is 19.8 Å². The molecule has 0 heterocycles. The first kappa shape index (κ1) is 18.0. The molecule has 0 saturated heterocycles. The van der Waals surface area contributed by atoms with Crippen LogP contribution in [0.4, 0.5) is 5.69 Å². The van der Waals surface area contributed by atoms with Gasteiger partial charge in [0.05, 0.1) is 0 Å². The zero-order chi connectivity index (χ0) is 15.4. The quantitative estimate of drug-likeness (QED) is 0.889. The average molecular weight is 321 g/mol. The number of benzene rings is 2. The summed E-state index contributed by atoms with van der Waals surface area (Å²) in [5, 5.41) is 8.82. The Morgan fingerprint density at radius 3 is 1.91 bits per heavy atom. The summed E-state index contributed by atoms with van der Waals surface area (Å²) in [6, 6.07) is 15.3. The van der Waals surface area contributed by atoms with Gasteiger partial charge >= 0.3 is 5.97 Å². The van der Waals surface area contributed by atoms with Gasteiger partial charge in [-0.25, -0.2) is 0 Å². The van der Waals surface area contributed by atoms with E-state index in [2.05, 4.69) is 29.2 Å². The Hall–Kier alpha value is -2.04. The third-order valence-electron chi connectivity index (χ3n) is 3.44. The number of nitrogens with two attached hydrogens (primary N) is 1. The number of hydrogen-bond donors (Lipinski definition) is 2. The van der Waals surface area contributed by atoms with Crippen LogP contribution in [0, 0.1) is 0 Å². The Labute approximate surface area is 137 Å². The molecular weight excluding hydrogens is 300 g/mol. The summed E-state index contributed by atoms with van der Waals surface area (Å²) < 4.78 is 0. The van der Waals surface area contributed by atoms with Crippen molar-refractivity contribution in [3.8, 4) is 11.1 Å². The Bertz CT molecular complexity index is 610. The first-order valence-corrected chi connectivity index (χ1v) is 6.82. The van der Waals surface area contributed by atoms with E-state index in [-0.39, 0.29) is 12.4 Å². The minimum absolute atomic E-state index is 0. The van der Waals surface area contributed by atoms with Crippen molar-refractivity contribution in [2.75, 3.05) is 19.0 Å². The number of carboxylic acid groups (broad SMARTS) is 1. The van der Waals surface area contributed by atoms with Gasteiger partial charge in [0.2, 0.25) is 0 Å². The van der Waals surface area contributed by atoms with Crippen LogP contribution in [0.2, 0.25) is 0 Å². The number of carbonyl (C=O) groups is 1. The number of rotatable bonds is 5. The van der Waals surface area contributed by atoms with E-state index >= 15 is 0 Å². The number of hydrogen-bond acceptors (Lipinski definition) is 3. The Morgan fingerprint density at radius 1 is 1.05 bits per heavy atom. The van der Waals surface area contributed by atoms with E-state index < -0.39 is 12.0 Å². The Kier molecular flexibility index (Phi) is 6.40. The maximum atomic E-state index is 10.7. The van der Waals surface area contributed by atoms with Crippen molar-refractivity contribution in [1.82, 2.24) is 0 Å². The molecule has 0 fully saturated rings. The van der Waals surface area contributed by atoms with E-state index in [1.165, 1.54) is 0 Å². The van der Waals surface area contributed by atoms with Crippen molar-refractivity contribution in [3.05, 3.63) is 54.1 Å². The van der Waals surface area contributed by atoms with Crippen LogP contribution in [-0.2, 0) is 11.2 Å². The molecule has 0 unspecified atom stereocenters. The van der Waals surface area contributed by atoms with Gasteiger partial charge in [-0.1, -0.05) is 36.4 Å². The molecule has 0 aromatic heterocycles. The zero-order valence-electron chi connectivity index (χ0n) is 12.7. The largest absolute Gasteiger partial charge is 0.480 e. The predicted octanol–water partition coefficient (Wildman–Crippen LogP) is 2.80. The fraction of sp³-hybridized carbons (Fsp3) is 0.235. The van der Waals surface area contributed by atoms with Gasteiger partial charge in [0.1, 0.15) is 6.04 Å². The lowest BCUT2D eigenvalue weighted by Crippen LogP contribution is -2.32. The van der Waals surface area contributed by atoms with Gasteiger partial charge in [-0.05, 0) is 35.2 Å². The second-order valence-electron chi connectivity index (χ2n) is 5.29. The van der Waals surface area contributed by atoms with Crippen LogP contribution in [0.25, 0.3) is 11.1 Å². The lowest BCUT2D eigenvalue weighted by molar-refractivity contribution is -0.138. The molecule has 2 rings (SSSR count). The van der Waals surface area contributed by atoms with Crippen molar-refractivity contribution >= 4 is 24.1 Å². The summed E-state index contributed by atoms with van der Waals surface area (Å²) in [6.07, 6.45) is 0.342. The number of anilines is 1. The van der Waals surface area contributed by atoms with Crippen LogP contribution >= 0.6 is 12.4 Å². The molecule has 0 amide bonds. The number of nitrogens with zero attached hydrogens (tertiary/aromatic N) is 1. The molecule has 0 aliphatic rings. The zero-order valence-corrected chi connectivity index (χ0v) is 13.5. The van der Waals surface area contributed by atoms with Gasteiger partial charge < -0.3 is 15.7 Å². The summed E-state index contributed by atoms with van der Waals surface area (Å²) in [5.74, 6) is -0.974.